The average Bonchev–Trinajstić information content (AvgIpc) is 2.35. The Morgan fingerprint density at radius 3 is 2.74 bits per heavy atom. The number of rotatable bonds is 7. The summed E-state index contributed by atoms with van der Waals surface area (Å²) < 4.78 is 0. The minimum atomic E-state index is -1.33. The van der Waals surface area contributed by atoms with E-state index in [0.29, 0.717) is 13.0 Å². The number of carboxylic acid groups (broad SMARTS) is 1. The van der Waals surface area contributed by atoms with Crippen LogP contribution in [0, 0.1) is 16.0 Å². The van der Waals surface area contributed by atoms with Gasteiger partial charge in [0.2, 0.25) is 0 Å². The summed E-state index contributed by atoms with van der Waals surface area (Å²) in [5.74, 6) is -1.21. The molecule has 1 aromatic carbocycles. The molecule has 104 valence electrons. The molecule has 0 saturated carbocycles. The number of nitrogens with zero attached hydrogens (tertiary/aromatic N) is 1. The van der Waals surface area contributed by atoms with Crippen LogP contribution in [-0.2, 0) is 0 Å². The van der Waals surface area contributed by atoms with Crippen LogP contribution >= 0.6 is 0 Å². The first-order valence-electron chi connectivity index (χ1n) is 5.82. The molecule has 0 aromatic heterocycles. The highest BCUT2D eigenvalue weighted by atomic mass is 16.6. The normalized spacial score (nSPS) is 11.9. The number of anilines is 1. The topological polar surface area (TPSA) is 113 Å². The maximum absolute atomic E-state index is 11.0. The van der Waals surface area contributed by atoms with Crippen LogP contribution in [0.4, 0.5) is 11.4 Å². The van der Waals surface area contributed by atoms with Gasteiger partial charge in [0.15, 0.2) is 0 Å². The van der Waals surface area contributed by atoms with Gasteiger partial charge in [-0.05, 0) is 24.5 Å². The van der Waals surface area contributed by atoms with E-state index in [1.807, 2.05) is 6.92 Å². The molecular formula is C12H16N2O5. The zero-order valence-electron chi connectivity index (χ0n) is 10.5. The quantitative estimate of drug-likeness (QED) is 0.512. The number of hydrogen-bond donors (Lipinski definition) is 3. The highest BCUT2D eigenvalue weighted by Gasteiger charge is 2.24. The first-order chi connectivity index (χ1) is 8.97. The standard InChI is InChI=1S/C12H16N2O5/c1-8(5-6-15)7-13-10-4-2-3-9(12(16)17)11(10)14(18)19/h2-4,8,13,15H,5-7H2,1H3,(H,16,17). The van der Waals surface area contributed by atoms with E-state index in [1.54, 1.807) is 0 Å². The van der Waals surface area contributed by atoms with E-state index >= 15 is 0 Å². The van der Waals surface area contributed by atoms with Gasteiger partial charge in [-0.2, -0.15) is 0 Å². The second-order valence-electron chi connectivity index (χ2n) is 4.26. The van der Waals surface area contributed by atoms with Crippen molar-refractivity contribution < 1.29 is 19.9 Å². The number of aliphatic hydroxyl groups excluding tert-OH is 1. The second-order valence-corrected chi connectivity index (χ2v) is 4.26. The summed E-state index contributed by atoms with van der Waals surface area (Å²) in [4.78, 5) is 21.2. The molecule has 0 aliphatic heterocycles. The van der Waals surface area contributed by atoms with Crippen molar-refractivity contribution in [3.8, 4) is 0 Å². The molecular weight excluding hydrogens is 252 g/mol. The molecule has 0 bridgehead atoms. The molecule has 0 heterocycles. The predicted molar refractivity (Wildman–Crippen MR) is 69.4 cm³/mol. The van der Waals surface area contributed by atoms with Crippen molar-refractivity contribution in [3.63, 3.8) is 0 Å². The molecule has 1 unspecified atom stereocenters. The van der Waals surface area contributed by atoms with E-state index in [-0.39, 0.29) is 23.8 Å². The molecule has 0 saturated heterocycles. The Morgan fingerprint density at radius 1 is 1.53 bits per heavy atom. The van der Waals surface area contributed by atoms with Gasteiger partial charge in [-0.3, -0.25) is 10.1 Å². The molecule has 7 heteroatoms. The summed E-state index contributed by atoms with van der Waals surface area (Å²) >= 11 is 0. The summed E-state index contributed by atoms with van der Waals surface area (Å²) in [6.07, 6.45) is 0.569. The molecule has 1 aromatic rings. The monoisotopic (exact) mass is 268 g/mol. The van der Waals surface area contributed by atoms with Gasteiger partial charge in [-0.25, -0.2) is 4.79 Å². The summed E-state index contributed by atoms with van der Waals surface area (Å²) in [5, 5.41) is 31.6. The molecule has 1 rings (SSSR count). The number of para-hydroxylation sites is 1. The van der Waals surface area contributed by atoms with Crippen LogP contribution in [-0.4, -0.2) is 34.3 Å². The van der Waals surface area contributed by atoms with Crippen LogP contribution in [0.5, 0.6) is 0 Å². The lowest BCUT2D eigenvalue weighted by Crippen LogP contribution is -2.14. The van der Waals surface area contributed by atoms with Crippen molar-refractivity contribution in [2.24, 2.45) is 5.92 Å². The van der Waals surface area contributed by atoms with Crippen LogP contribution in [0.3, 0.4) is 0 Å². The Balaban J connectivity index is 2.97. The van der Waals surface area contributed by atoms with Crippen molar-refractivity contribution in [3.05, 3.63) is 33.9 Å². The minimum absolute atomic E-state index is 0.0418. The lowest BCUT2D eigenvalue weighted by Gasteiger charge is -2.13. The smallest absolute Gasteiger partial charge is 0.342 e. The Labute approximate surface area is 110 Å². The van der Waals surface area contributed by atoms with Gasteiger partial charge in [0.05, 0.1) is 4.92 Å². The number of carbonyl (C=O) groups is 1. The van der Waals surface area contributed by atoms with Gasteiger partial charge >= 0.3 is 11.7 Å². The molecule has 7 nitrogen and oxygen atoms in total. The molecule has 0 fully saturated rings. The van der Waals surface area contributed by atoms with Crippen LogP contribution < -0.4 is 5.32 Å². The second kappa shape index (κ2) is 6.69. The third-order valence-electron chi connectivity index (χ3n) is 2.71. The highest BCUT2D eigenvalue weighted by Crippen LogP contribution is 2.28. The van der Waals surface area contributed by atoms with E-state index in [1.165, 1.54) is 18.2 Å². The van der Waals surface area contributed by atoms with Gasteiger partial charge < -0.3 is 15.5 Å². The van der Waals surface area contributed by atoms with Crippen molar-refractivity contribution in [1.82, 2.24) is 0 Å². The molecule has 0 radical (unpaired) electrons. The van der Waals surface area contributed by atoms with Crippen LogP contribution in [0.2, 0.25) is 0 Å². The molecule has 0 aliphatic rings. The van der Waals surface area contributed by atoms with Gasteiger partial charge in [0.1, 0.15) is 11.3 Å². The van der Waals surface area contributed by atoms with E-state index in [2.05, 4.69) is 5.32 Å². The largest absolute Gasteiger partial charge is 0.477 e. The fourth-order valence-electron chi connectivity index (χ4n) is 1.66. The number of benzene rings is 1. The van der Waals surface area contributed by atoms with E-state index in [0.717, 1.165) is 0 Å². The summed E-state index contributed by atoms with van der Waals surface area (Å²) in [5.41, 5.74) is -0.606. The number of aromatic carboxylic acids is 1. The Bertz CT molecular complexity index is 475. The van der Waals surface area contributed by atoms with E-state index in [9.17, 15) is 14.9 Å². The number of carboxylic acids is 1. The summed E-state index contributed by atoms with van der Waals surface area (Å²) in [6, 6.07) is 4.12. The van der Waals surface area contributed by atoms with Gasteiger partial charge in [0, 0.05) is 13.2 Å². The Hall–Kier alpha value is -2.15. The maximum Gasteiger partial charge on any atom is 0.342 e. The number of nitro benzene ring substituents is 1. The first kappa shape index (κ1) is 14.9. The maximum atomic E-state index is 11.0. The van der Waals surface area contributed by atoms with E-state index in [4.69, 9.17) is 10.2 Å². The fourth-order valence-corrected chi connectivity index (χ4v) is 1.66. The molecule has 0 aliphatic carbocycles. The molecule has 1 atom stereocenters. The SMILES string of the molecule is CC(CCO)CNc1cccc(C(=O)O)c1[N+](=O)[O-]. The predicted octanol–water partition coefficient (Wildman–Crippen LogP) is 1.72. The van der Waals surface area contributed by atoms with Gasteiger partial charge in [-0.15, -0.1) is 0 Å². The zero-order chi connectivity index (χ0) is 14.4. The Kier molecular flexibility index (Phi) is 5.25. The first-order valence-corrected chi connectivity index (χ1v) is 5.82. The van der Waals surface area contributed by atoms with Crippen LogP contribution in [0.1, 0.15) is 23.7 Å². The van der Waals surface area contributed by atoms with Crippen molar-refractivity contribution in [1.29, 1.82) is 0 Å². The number of nitrogens with one attached hydrogen (secondary N) is 1. The lowest BCUT2D eigenvalue weighted by molar-refractivity contribution is -0.384. The van der Waals surface area contributed by atoms with Gasteiger partial charge in [-0.1, -0.05) is 13.0 Å². The molecule has 3 N–H and O–H groups in total. The van der Waals surface area contributed by atoms with Crippen LogP contribution in [0.15, 0.2) is 18.2 Å². The summed E-state index contributed by atoms with van der Waals surface area (Å²) in [7, 11) is 0. The van der Waals surface area contributed by atoms with Crippen molar-refractivity contribution in [2.45, 2.75) is 13.3 Å². The lowest BCUT2D eigenvalue weighted by atomic mass is 10.1. The third kappa shape index (κ3) is 3.92. The van der Waals surface area contributed by atoms with Crippen molar-refractivity contribution >= 4 is 17.3 Å². The van der Waals surface area contributed by atoms with Crippen LogP contribution in [0.25, 0.3) is 0 Å². The Morgan fingerprint density at radius 2 is 2.21 bits per heavy atom. The summed E-state index contributed by atoms with van der Waals surface area (Å²) in [6.45, 7) is 2.35. The fraction of sp³-hybridized carbons (Fsp3) is 0.417. The van der Waals surface area contributed by atoms with Gasteiger partial charge in [0.25, 0.3) is 0 Å². The minimum Gasteiger partial charge on any atom is -0.477 e. The van der Waals surface area contributed by atoms with Crippen molar-refractivity contribution in [2.75, 3.05) is 18.5 Å². The number of aliphatic hydroxyl groups is 1. The zero-order valence-corrected chi connectivity index (χ0v) is 10.5. The molecule has 0 spiro atoms. The molecule has 19 heavy (non-hydrogen) atoms. The number of hydrogen-bond acceptors (Lipinski definition) is 5. The average molecular weight is 268 g/mol. The molecule has 0 amide bonds. The number of nitro groups is 1. The van der Waals surface area contributed by atoms with E-state index < -0.39 is 16.6 Å². The highest BCUT2D eigenvalue weighted by molar-refractivity contribution is 5.95. The third-order valence-corrected chi connectivity index (χ3v) is 2.71.